The monoisotopic (exact) mass is 588 g/mol. The van der Waals surface area contributed by atoms with Gasteiger partial charge in [-0.15, -0.1) is 0 Å². The molecule has 1 aromatic carbocycles. The van der Waals surface area contributed by atoms with E-state index in [9.17, 15) is 30.8 Å². The Morgan fingerprint density at radius 1 is 1.22 bits per heavy atom. The number of pyridine rings is 1. The number of nitrogens with one attached hydrogen (secondary N) is 1. The lowest BCUT2D eigenvalue weighted by molar-refractivity contribution is -0.137. The third kappa shape index (κ3) is 5.20. The number of benzene rings is 1. The topological polar surface area (TPSA) is 134 Å². The van der Waals surface area contributed by atoms with Gasteiger partial charge in [0.1, 0.15) is 16.4 Å². The number of aromatic nitrogens is 3. The molecule has 0 saturated carbocycles. The average molecular weight is 589 g/mol. The lowest BCUT2D eigenvalue weighted by atomic mass is 9.64. The van der Waals surface area contributed by atoms with Crippen LogP contribution in [0.1, 0.15) is 34.6 Å². The number of hydrogen-bond donors (Lipinski definition) is 2. The van der Waals surface area contributed by atoms with Crippen molar-refractivity contribution >= 4 is 27.2 Å². The molecule has 2 aliphatic rings. The summed E-state index contributed by atoms with van der Waals surface area (Å²) >= 11 is 0. The molecule has 1 atom stereocenters. The second-order valence-corrected chi connectivity index (χ2v) is 11.7. The van der Waals surface area contributed by atoms with Crippen LogP contribution < -0.4 is 5.73 Å². The minimum absolute atomic E-state index is 0.00463. The van der Waals surface area contributed by atoms with E-state index in [0.717, 1.165) is 16.6 Å². The minimum Gasteiger partial charge on any atom is -0.404 e. The Balaban J connectivity index is 1.65. The van der Waals surface area contributed by atoms with E-state index < -0.39 is 44.5 Å². The predicted octanol–water partition coefficient (Wildman–Crippen LogP) is 4.48. The fraction of sp³-hybridized carbons (Fsp3) is 0.259. The number of nitrogens with zero attached hydrogens (tertiary/aromatic N) is 4. The van der Waals surface area contributed by atoms with Gasteiger partial charge in [-0.3, -0.25) is 14.9 Å². The Morgan fingerprint density at radius 3 is 2.59 bits per heavy atom. The Bertz CT molecular complexity index is 1710. The number of alkyl halides is 3. The highest BCUT2D eigenvalue weighted by Crippen LogP contribution is 2.48. The normalized spacial score (nSPS) is 22.0. The number of carbonyl (C=O) groups is 1. The highest BCUT2D eigenvalue weighted by Gasteiger charge is 2.52. The van der Waals surface area contributed by atoms with Crippen LogP contribution in [0.2, 0.25) is 0 Å². The number of nitrogens with two attached hydrogens (primary N) is 1. The second-order valence-electron chi connectivity index (χ2n) is 9.80. The molecule has 1 saturated heterocycles. The summed E-state index contributed by atoms with van der Waals surface area (Å²) in [5, 5.41) is 6.37. The molecule has 0 spiro atoms. The molecule has 14 heteroatoms. The van der Waals surface area contributed by atoms with Crippen LogP contribution in [0.5, 0.6) is 0 Å². The number of halogens is 4. The van der Waals surface area contributed by atoms with Crippen molar-refractivity contribution in [3.8, 4) is 0 Å². The summed E-state index contributed by atoms with van der Waals surface area (Å²) in [7, 11) is -4.13. The van der Waals surface area contributed by atoms with Crippen LogP contribution in [0.3, 0.4) is 0 Å². The van der Waals surface area contributed by atoms with Crippen LogP contribution in [0.15, 0.2) is 82.1 Å². The molecule has 0 bridgehead atoms. The minimum atomic E-state index is -4.72. The van der Waals surface area contributed by atoms with Gasteiger partial charge in [0.2, 0.25) is 10.0 Å². The number of carbonyl (C=O) groups excluding carboxylic acids is 1. The predicted molar refractivity (Wildman–Crippen MR) is 141 cm³/mol. The van der Waals surface area contributed by atoms with E-state index in [4.69, 9.17) is 5.73 Å². The van der Waals surface area contributed by atoms with Crippen molar-refractivity contribution in [1.29, 1.82) is 0 Å². The summed E-state index contributed by atoms with van der Waals surface area (Å²) in [6, 6.07) is 6.79. The number of hydrogen-bond acceptors (Lipinski definition) is 7. The van der Waals surface area contributed by atoms with Crippen molar-refractivity contribution in [2.75, 3.05) is 13.1 Å². The Morgan fingerprint density at radius 2 is 1.95 bits per heavy atom. The summed E-state index contributed by atoms with van der Waals surface area (Å²) < 4.78 is 82.3. The molecule has 1 aliphatic heterocycles. The first-order chi connectivity index (χ1) is 19.3. The van der Waals surface area contributed by atoms with Gasteiger partial charge < -0.3 is 5.73 Å². The highest BCUT2D eigenvalue weighted by atomic mass is 32.2. The van der Waals surface area contributed by atoms with Crippen LogP contribution in [-0.4, -0.2) is 52.5 Å². The number of aliphatic imine (C=N–C) groups is 1. The largest absolute Gasteiger partial charge is 0.416 e. The summed E-state index contributed by atoms with van der Waals surface area (Å²) in [6.07, 6.45) is 0.0924. The lowest BCUT2D eigenvalue weighted by Gasteiger charge is -2.45. The number of Topliss-reactive ketones (excluding diaryl/α,β-unsaturated/α-hetero) is 1. The van der Waals surface area contributed by atoms with E-state index >= 15 is 0 Å². The third-order valence-electron chi connectivity index (χ3n) is 7.26. The summed E-state index contributed by atoms with van der Waals surface area (Å²) in [5.74, 6) is -1.23. The molecule has 41 heavy (non-hydrogen) atoms. The molecule has 1 aliphatic carbocycles. The molecule has 5 rings (SSSR count). The molecule has 3 aromatic rings. The van der Waals surface area contributed by atoms with E-state index in [-0.39, 0.29) is 30.8 Å². The van der Waals surface area contributed by atoms with Crippen LogP contribution in [0.25, 0.3) is 0 Å². The van der Waals surface area contributed by atoms with Gasteiger partial charge >= 0.3 is 6.18 Å². The van der Waals surface area contributed by atoms with Crippen LogP contribution in [-0.2, 0) is 16.2 Å². The molecular formula is C27H24F4N6O3S. The zero-order valence-corrected chi connectivity index (χ0v) is 22.4. The first kappa shape index (κ1) is 28.4. The van der Waals surface area contributed by atoms with E-state index in [1.54, 1.807) is 6.08 Å². The average Bonchev–Trinajstić information content (AvgIpc) is 3.39. The zero-order valence-electron chi connectivity index (χ0n) is 21.6. The van der Waals surface area contributed by atoms with E-state index in [2.05, 4.69) is 20.2 Å². The van der Waals surface area contributed by atoms with Gasteiger partial charge in [0.25, 0.3) is 0 Å². The first-order valence-corrected chi connectivity index (χ1v) is 13.8. The van der Waals surface area contributed by atoms with Crippen molar-refractivity contribution in [3.05, 3.63) is 95.0 Å². The van der Waals surface area contributed by atoms with Crippen LogP contribution >= 0.6 is 0 Å². The van der Waals surface area contributed by atoms with Crippen molar-refractivity contribution in [2.24, 2.45) is 16.1 Å². The maximum absolute atomic E-state index is 14.2. The number of aryl methyl sites for hydroxylation is 1. The molecule has 214 valence electrons. The number of piperidine rings is 1. The van der Waals surface area contributed by atoms with Gasteiger partial charge in [0.15, 0.2) is 5.78 Å². The van der Waals surface area contributed by atoms with Crippen molar-refractivity contribution in [1.82, 2.24) is 19.5 Å². The molecule has 0 amide bonds. The molecule has 0 radical (unpaired) electrons. The van der Waals surface area contributed by atoms with E-state index in [0.29, 0.717) is 34.3 Å². The number of sulfonamides is 1. The van der Waals surface area contributed by atoms with Gasteiger partial charge in [-0.2, -0.15) is 22.6 Å². The summed E-state index contributed by atoms with van der Waals surface area (Å²) in [6.45, 7) is 1.16. The van der Waals surface area contributed by atoms with Gasteiger partial charge in [0.05, 0.1) is 34.3 Å². The molecule has 9 nitrogen and oxygen atoms in total. The van der Waals surface area contributed by atoms with Gasteiger partial charge in [0, 0.05) is 19.3 Å². The maximum atomic E-state index is 14.2. The fourth-order valence-electron chi connectivity index (χ4n) is 5.14. The highest BCUT2D eigenvalue weighted by molar-refractivity contribution is 7.89. The SMILES string of the molecule is Cc1[nH]ncc1S(=O)(=O)N1CCC2=CC(=Nc3ccc(F)cc3)/C(=C\N)C[C@]2(C(=O)c2cc(C(F)(F)F)ccn2)C1. The number of rotatable bonds is 5. The third-order valence-corrected chi connectivity index (χ3v) is 9.22. The molecule has 3 N–H and O–H groups in total. The van der Waals surface area contributed by atoms with E-state index in [1.165, 1.54) is 43.6 Å². The number of ketones is 1. The van der Waals surface area contributed by atoms with Gasteiger partial charge in [-0.1, -0.05) is 5.57 Å². The lowest BCUT2D eigenvalue weighted by Crippen LogP contribution is -2.53. The maximum Gasteiger partial charge on any atom is 0.416 e. The van der Waals surface area contributed by atoms with Gasteiger partial charge in [-0.25, -0.2) is 17.8 Å². The smallest absolute Gasteiger partial charge is 0.404 e. The standard InChI is InChI=1S/C27H24F4N6O3S/c1-16-24(14-34-36-16)41(39,40)37-9-7-18-10-22(35-21-4-2-20(28)3-5-21)17(13-32)12-26(18,15-37)25(38)23-11-19(6-8-33-23)27(29,30)31/h2-6,8,10-11,13-14H,7,9,12,15,32H2,1H3,(H,34,36)/b17-13-,35-22?/t26-/m0/s1. The van der Waals surface area contributed by atoms with E-state index in [1.807, 2.05) is 0 Å². The Hall–Kier alpha value is -4.17. The molecule has 2 aromatic heterocycles. The van der Waals surface area contributed by atoms with Crippen LogP contribution in [0.4, 0.5) is 23.2 Å². The fourth-order valence-corrected chi connectivity index (χ4v) is 6.76. The molecular weight excluding hydrogens is 564 g/mol. The number of allylic oxidation sites excluding steroid dienone is 2. The Kier molecular flexibility index (Phi) is 7.15. The van der Waals surface area contributed by atoms with Crippen molar-refractivity contribution in [2.45, 2.75) is 30.8 Å². The number of aromatic amines is 1. The van der Waals surface area contributed by atoms with Crippen LogP contribution in [0, 0.1) is 18.2 Å². The quantitative estimate of drug-likeness (QED) is 0.334. The number of fused-ring (bicyclic) bond motifs is 1. The summed E-state index contributed by atoms with van der Waals surface area (Å²) in [4.78, 5) is 22.6. The molecule has 3 heterocycles. The van der Waals surface area contributed by atoms with Crippen molar-refractivity contribution in [3.63, 3.8) is 0 Å². The summed E-state index contributed by atoms with van der Waals surface area (Å²) in [5.41, 5.74) is 4.71. The second kappa shape index (κ2) is 10.3. The molecule has 1 fully saturated rings. The van der Waals surface area contributed by atoms with Gasteiger partial charge in [-0.05, 0) is 74.0 Å². The zero-order chi connectivity index (χ0) is 29.6. The number of H-pyrrole nitrogens is 1. The first-order valence-electron chi connectivity index (χ1n) is 12.4. The Labute approximate surface area is 232 Å². The van der Waals surface area contributed by atoms with Crippen molar-refractivity contribution < 1.29 is 30.8 Å². The molecule has 0 unspecified atom stereocenters.